The molecule has 0 saturated heterocycles. The molecule has 2 aromatic rings. The highest BCUT2D eigenvalue weighted by molar-refractivity contribution is 5.92. The number of nitrogens with one attached hydrogen (secondary N) is 2. The standard InChI is InChI=1S/C13H12F3N5O/c14-13(15,16)9-4-7(5-11-8(9)6-18-21-11)19-12(22)10-2-1-3-17-20-10/h1-3,6-7,9H,4-5H2,(H,18,21)(H,19,22). The number of aromatic amines is 1. The van der Waals surface area contributed by atoms with Gasteiger partial charge in [-0.1, -0.05) is 0 Å². The molecule has 1 amide bonds. The van der Waals surface area contributed by atoms with Crippen molar-refractivity contribution in [2.24, 2.45) is 0 Å². The van der Waals surface area contributed by atoms with Gasteiger partial charge in [0.25, 0.3) is 5.91 Å². The number of nitrogens with zero attached hydrogens (tertiary/aromatic N) is 3. The van der Waals surface area contributed by atoms with Crippen LogP contribution in [0.15, 0.2) is 24.5 Å². The molecule has 0 spiro atoms. The zero-order valence-electron chi connectivity index (χ0n) is 11.3. The normalized spacial score (nSPS) is 21.2. The number of fused-ring (bicyclic) bond motifs is 1. The van der Waals surface area contributed by atoms with E-state index in [1.165, 1.54) is 24.5 Å². The molecule has 2 heterocycles. The molecule has 0 aromatic carbocycles. The Bertz CT molecular complexity index is 670. The number of halogens is 3. The fourth-order valence-electron chi connectivity index (χ4n) is 2.63. The van der Waals surface area contributed by atoms with Gasteiger partial charge in [0.05, 0.1) is 12.1 Å². The quantitative estimate of drug-likeness (QED) is 0.882. The Morgan fingerprint density at radius 2 is 2.23 bits per heavy atom. The van der Waals surface area contributed by atoms with Gasteiger partial charge in [-0.05, 0) is 18.6 Å². The van der Waals surface area contributed by atoms with E-state index in [0.717, 1.165) is 0 Å². The van der Waals surface area contributed by atoms with Crippen LogP contribution < -0.4 is 5.32 Å². The van der Waals surface area contributed by atoms with Crippen LogP contribution in [0.25, 0.3) is 0 Å². The maximum Gasteiger partial charge on any atom is 0.395 e. The summed E-state index contributed by atoms with van der Waals surface area (Å²) in [7, 11) is 0. The minimum atomic E-state index is -4.38. The van der Waals surface area contributed by atoms with E-state index < -0.39 is 24.0 Å². The van der Waals surface area contributed by atoms with E-state index in [1.54, 1.807) is 0 Å². The van der Waals surface area contributed by atoms with Gasteiger partial charge in [-0.2, -0.15) is 23.4 Å². The molecule has 0 bridgehead atoms. The van der Waals surface area contributed by atoms with Crippen LogP contribution in [-0.2, 0) is 6.42 Å². The second kappa shape index (κ2) is 5.39. The molecule has 2 aromatic heterocycles. The van der Waals surface area contributed by atoms with Crippen LogP contribution in [0, 0.1) is 0 Å². The van der Waals surface area contributed by atoms with Gasteiger partial charge in [0.15, 0.2) is 5.69 Å². The fraction of sp³-hybridized carbons (Fsp3) is 0.385. The van der Waals surface area contributed by atoms with E-state index in [4.69, 9.17) is 0 Å². The van der Waals surface area contributed by atoms with Gasteiger partial charge in [-0.3, -0.25) is 9.89 Å². The van der Waals surface area contributed by atoms with Gasteiger partial charge in [0.1, 0.15) is 0 Å². The third-order valence-corrected chi connectivity index (χ3v) is 3.63. The predicted octanol–water partition coefficient (Wildman–Crippen LogP) is 1.59. The van der Waals surface area contributed by atoms with Gasteiger partial charge < -0.3 is 5.32 Å². The first-order valence-electron chi connectivity index (χ1n) is 6.62. The Labute approximate surface area is 123 Å². The number of hydrogen-bond donors (Lipinski definition) is 2. The lowest BCUT2D eigenvalue weighted by Crippen LogP contribution is -2.42. The van der Waals surface area contributed by atoms with Crippen molar-refractivity contribution in [1.29, 1.82) is 0 Å². The average molecular weight is 311 g/mol. The topological polar surface area (TPSA) is 83.6 Å². The third kappa shape index (κ3) is 2.78. The first-order chi connectivity index (χ1) is 10.4. The molecular weight excluding hydrogens is 299 g/mol. The Balaban J connectivity index is 1.78. The fourth-order valence-corrected chi connectivity index (χ4v) is 2.63. The maximum absolute atomic E-state index is 13.2. The number of H-pyrrole nitrogens is 1. The molecule has 22 heavy (non-hydrogen) atoms. The van der Waals surface area contributed by atoms with Gasteiger partial charge in [-0.15, -0.1) is 5.10 Å². The van der Waals surface area contributed by atoms with Crippen LogP contribution >= 0.6 is 0 Å². The predicted molar refractivity (Wildman–Crippen MR) is 69.0 cm³/mol. The summed E-state index contributed by atoms with van der Waals surface area (Å²) in [4.78, 5) is 12.0. The summed E-state index contributed by atoms with van der Waals surface area (Å²) in [6, 6.07) is 2.34. The van der Waals surface area contributed by atoms with E-state index in [0.29, 0.717) is 5.69 Å². The van der Waals surface area contributed by atoms with E-state index >= 15 is 0 Å². The molecule has 1 aliphatic carbocycles. The molecule has 0 saturated carbocycles. The molecule has 2 N–H and O–H groups in total. The molecule has 0 radical (unpaired) electrons. The van der Waals surface area contributed by atoms with Gasteiger partial charge in [0, 0.05) is 29.9 Å². The number of alkyl halides is 3. The third-order valence-electron chi connectivity index (χ3n) is 3.63. The van der Waals surface area contributed by atoms with E-state index in [9.17, 15) is 18.0 Å². The first kappa shape index (κ1) is 14.5. The SMILES string of the molecule is O=C(NC1Cc2[nH]ncc2C(C(F)(F)F)C1)c1cccnn1. The molecule has 0 fully saturated rings. The summed E-state index contributed by atoms with van der Waals surface area (Å²) in [5.41, 5.74) is 0.622. The lowest BCUT2D eigenvalue weighted by molar-refractivity contribution is -0.154. The number of carbonyl (C=O) groups excluding carboxylic acids is 1. The largest absolute Gasteiger partial charge is 0.395 e. The number of hydrogen-bond acceptors (Lipinski definition) is 4. The molecule has 1 aliphatic rings. The van der Waals surface area contributed by atoms with Gasteiger partial charge in [0.2, 0.25) is 0 Å². The number of aromatic nitrogens is 4. The van der Waals surface area contributed by atoms with Crippen LogP contribution in [0.3, 0.4) is 0 Å². The van der Waals surface area contributed by atoms with Crippen molar-refractivity contribution in [2.45, 2.75) is 31.0 Å². The molecular formula is C13H12F3N5O. The number of carbonyl (C=O) groups is 1. The second-order valence-corrected chi connectivity index (χ2v) is 5.12. The summed E-state index contributed by atoms with van der Waals surface area (Å²) >= 11 is 0. The minimum absolute atomic E-state index is 0.0708. The van der Waals surface area contributed by atoms with Crippen molar-refractivity contribution >= 4 is 5.91 Å². The lowest BCUT2D eigenvalue weighted by atomic mass is 9.83. The lowest BCUT2D eigenvalue weighted by Gasteiger charge is -2.30. The zero-order chi connectivity index (χ0) is 15.7. The second-order valence-electron chi connectivity index (χ2n) is 5.12. The minimum Gasteiger partial charge on any atom is -0.347 e. The van der Waals surface area contributed by atoms with Crippen molar-refractivity contribution in [3.05, 3.63) is 41.5 Å². The number of rotatable bonds is 2. The highest BCUT2D eigenvalue weighted by Gasteiger charge is 2.46. The highest BCUT2D eigenvalue weighted by Crippen LogP contribution is 2.42. The van der Waals surface area contributed by atoms with Crippen LogP contribution in [0.2, 0.25) is 0 Å². The summed E-state index contributed by atoms with van der Waals surface area (Å²) in [5, 5.41) is 16.0. The van der Waals surface area contributed by atoms with Crippen molar-refractivity contribution in [3.63, 3.8) is 0 Å². The van der Waals surface area contributed by atoms with E-state index in [2.05, 4.69) is 25.7 Å². The molecule has 2 unspecified atom stereocenters. The summed E-state index contributed by atoms with van der Waals surface area (Å²) in [6.07, 6.45) is -1.72. The van der Waals surface area contributed by atoms with Gasteiger partial charge >= 0.3 is 6.18 Å². The van der Waals surface area contributed by atoms with Gasteiger partial charge in [-0.25, -0.2) is 0 Å². The van der Waals surface area contributed by atoms with Crippen molar-refractivity contribution in [1.82, 2.24) is 25.7 Å². The summed E-state index contributed by atoms with van der Waals surface area (Å²) in [6.45, 7) is 0. The number of amides is 1. The Morgan fingerprint density at radius 3 is 2.91 bits per heavy atom. The Kier molecular flexibility index (Phi) is 3.55. The van der Waals surface area contributed by atoms with Crippen LogP contribution in [-0.4, -0.2) is 38.5 Å². The smallest absolute Gasteiger partial charge is 0.347 e. The average Bonchev–Trinajstić information content (AvgIpc) is 2.94. The van der Waals surface area contributed by atoms with Crippen LogP contribution in [0.1, 0.15) is 34.1 Å². The summed E-state index contributed by atoms with van der Waals surface area (Å²) < 4.78 is 39.5. The summed E-state index contributed by atoms with van der Waals surface area (Å²) in [5.74, 6) is -2.18. The maximum atomic E-state index is 13.2. The van der Waals surface area contributed by atoms with Crippen molar-refractivity contribution < 1.29 is 18.0 Å². The van der Waals surface area contributed by atoms with Crippen LogP contribution in [0.4, 0.5) is 13.2 Å². The monoisotopic (exact) mass is 311 g/mol. The van der Waals surface area contributed by atoms with Crippen LogP contribution in [0.5, 0.6) is 0 Å². The van der Waals surface area contributed by atoms with Crippen molar-refractivity contribution in [3.8, 4) is 0 Å². The van der Waals surface area contributed by atoms with E-state index in [1.807, 2.05) is 0 Å². The Morgan fingerprint density at radius 1 is 1.41 bits per heavy atom. The molecule has 116 valence electrons. The van der Waals surface area contributed by atoms with Crippen molar-refractivity contribution in [2.75, 3.05) is 0 Å². The molecule has 0 aliphatic heterocycles. The molecule has 9 heteroatoms. The molecule has 6 nitrogen and oxygen atoms in total. The Hall–Kier alpha value is -2.45. The first-order valence-corrected chi connectivity index (χ1v) is 6.62. The molecule has 2 atom stereocenters. The highest BCUT2D eigenvalue weighted by atomic mass is 19.4. The zero-order valence-corrected chi connectivity index (χ0v) is 11.3. The van der Waals surface area contributed by atoms with E-state index in [-0.39, 0.29) is 24.1 Å². The molecule has 3 rings (SSSR count).